The van der Waals surface area contributed by atoms with Gasteiger partial charge >= 0.3 is 0 Å². The van der Waals surface area contributed by atoms with Crippen LogP contribution in [0.25, 0.3) is 0 Å². The summed E-state index contributed by atoms with van der Waals surface area (Å²) >= 11 is 0. The lowest BCUT2D eigenvalue weighted by molar-refractivity contribution is -0.276. The number of aliphatic hydroxyl groups excluding tert-OH is 1. The number of likely N-dealkylation sites (tertiary alicyclic amines) is 1. The standard InChI is InChI=1S/C37H46N2O4/c1-25-32(21-39-24-37(4)19-31(39)18-36(2,3)23-37)42-35(43-33(25)28-14-12-27(22-40)13-15-28)30-16-10-26(11-17-30)20-38-34(41)29-8-6-5-7-9-29/h5-17,25,31-33,35,40H,18-24H2,1-4H3,(H,38,41). The molecule has 0 spiro atoms. The minimum atomic E-state index is -0.495. The van der Waals surface area contributed by atoms with E-state index in [-0.39, 0.29) is 30.6 Å². The third-order valence-corrected chi connectivity index (χ3v) is 9.80. The molecule has 2 aliphatic heterocycles. The Labute approximate surface area is 256 Å². The molecule has 2 saturated heterocycles. The lowest BCUT2D eigenvalue weighted by atomic mass is 9.65. The van der Waals surface area contributed by atoms with Gasteiger partial charge in [-0.25, -0.2) is 0 Å². The maximum Gasteiger partial charge on any atom is 0.251 e. The highest BCUT2D eigenvalue weighted by atomic mass is 16.7. The first-order valence-electron chi connectivity index (χ1n) is 15.8. The van der Waals surface area contributed by atoms with Gasteiger partial charge in [0.15, 0.2) is 6.29 Å². The Balaban J connectivity index is 1.19. The Hall–Kier alpha value is -3.03. The summed E-state index contributed by atoms with van der Waals surface area (Å²) in [5.41, 5.74) is 5.39. The van der Waals surface area contributed by atoms with Gasteiger partial charge in [-0.05, 0) is 58.9 Å². The average Bonchev–Trinajstić information content (AvgIpc) is 3.24. The number of ether oxygens (including phenoxy) is 2. The number of fused-ring (bicyclic) bond motifs is 2. The van der Waals surface area contributed by atoms with Crippen LogP contribution in [0.4, 0.5) is 0 Å². The van der Waals surface area contributed by atoms with Crippen LogP contribution in [0.5, 0.6) is 0 Å². The van der Waals surface area contributed by atoms with Crippen molar-refractivity contribution < 1.29 is 19.4 Å². The zero-order valence-electron chi connectivity index (χ0n) is 26.0. The fourth-order valence-electron chi connectivity index (χ4n) is 8.02. The summed E-state index contributed by atoms with van der Waals surface area (Å²) in [4.78, 5) is 15.2. The van der Waals surface area contributed by atoms with E-state index in [0.29, 0.717) is 29.0 Å². The molecule has 3 aromatic rings. The molecule has 6 atom stereocenters. The molecule has 1 aliphatic carbocycles. The van der Waals surface area contributed by atoms with E-state index >= 15 is 0 Å². The molecule has 0 aromatic heterocycles. The molecule has 2 heterocycles. The molecule has 228 valence electrons. The van der Waals surface area contributed by atoms with Gasteiger partial charge in [-0.3, -0.25) is 9.69 Å². The van der Waals surface area contributed by atoms with E-state index in [0.717, 1.165) is 35.3 Å². The SMILES string of the molecule is CC1C(CN2CC3(C)CC2CC(C)(C)C3)OC(c2ccc(CNC(=O)c3ccccc3)cc2)OC1c1ccc(CO)cc1. The highest BCUT2D eigenvalue weighted by molar-refractivity contribution is 5.94. The van der Waals surface area contributed by atoms with Crippen LogP contribution < -0.4 is 5.32 Å². The average molecular weight is 583 g/mol. The van der Waals surface area contributed by atoms with E-state index in [2.05, 4.69) is 62.2 Å². The highest BCUT2D eigenvalue weighted by Crippen LogP contribution is 2.53. The molecule has 2 bridgehead atoms. The first kappa shape index (κ1) is 30.0. The summed E-state index contributed by atoms with van der Waals surface area (Å²) in [5, 5.41) is 12.6. The van der Waals surface area contributed by atoms with Gasteiger partial charge in [0.05, 0.1) is 18.8 Å². The number of rotatable bonds is 8. The van der Waals surface area contributed by atoms with Gasteiger partial charge in [-0.2, -0.15) is 0 Å². The van der Waals surface area contributed by atoms with Gasteiger partial charge in [-0.1, -0.05) is 94.4 Å². The van der Waals surface area contributed by atoms with Gasteiger partial charge in [0.2, 0.25) is 0 Å². The second-order valence-corrected chi connectivity index (χ2v) is 14.3. The van der Waals surface area contributed by atoms with Crippen LogP contribution in [0, 0.1) is 16.7 Å². The smallest absolute Gasteiger partial charge is 0.251 e. The van der Waals surface area contributed by atoms with Gasteiger partial charge < -0.3 is 19.9 Å². The molecule has 3 fully saturated rings. The number of aliphatic hydroxyl groups is 1. The summed E-state index contributed by atoms with van der Waals surface area (Å²) in [5.74, 6) is 0.0733. The Morgan fingerprint density at radius 2 is 1.58 bits per heavy atom. The molecule has 6 nitrogen and oxygen atoms in total. The van der Waals surface area contributed by atoms with E-state index in [1.165, 1.54) is 19.3 Å². The predicted octanol–water partition coefficient (Wildman–Crippen LogP) is 6.80. The van der Waals surface area contributed by atoms with Crippen molar-refractivity contribution in [3.63, 3.8) is 0 Å². The summed E-state index contributed by atoms with van der Waals surface area (Å²) in [6, 6.07) is 26.2. The maximum absolute atomic E-state index is 12.5. The molecule has 3 aromatic carbocycles. The van der Waals surface area contributed by atoms with Crippen molar-refractivity contribution in [2.24, 2.45) is 16.7 Å². The zero-order chi connectivity index (χ0) is 30.2. The van der Waals surface area contributed by atoms with Crippen molar-refractivity contribution in [1.82, 2.24) is 10.2 Å². The minimum Gasteiger partial charge on any atom is -0.392 e. The number of amides is 1. The molecule has 6 unspecified atom stereocenters. The molecule has 1 amide bonds. The Morgan fingerprint density at radius 1 is 0.907 bits per heavy atom. The molecule has 0 radical (unpaired) electrons. The van der Waals surface area contributed by atoms with Crippen LogP contribution in [0.2, 0.25) is 0 Å². The number of hydrogen-bond donors (Lipinski definition) is 2. The van der Waals surface area contributed by atoms with E-state index in [9.17, 15) is 9.90 Å². The lowest BCUT2D eigenvalue weighted by Gasteiger charge is -2.43. The predicted molar refractivity (Wildman–Crippen MR) is 168 cm³/mol. The summed E-state index contributed by atoms with van der Waals surface area (Å²) in [6.45, 7) is 12.1. The quantitative estimate of drug-likeness (QED) is 0.306. The molecule has 2 N–H and O–H groups in total. The van der Waals surface area contributed by atoms with E-state index in [4.69, 9.17) is 9.47 Å². The zero-order valence-corrected chi connectivity index (χ0v) is 26.0. The topological polar surface area (TPSA) is 71.0 Å². The molecular formula is C37H46N2O4. The van der Waals surface area contributed by atoms with Crippen LogP contribution in [-0.4, -0.2) is 41.1 Å². The van der Waals surface area contributed by atoms with E-state index in [1.807, 2.05) is 54.6 Å². The van der Waals surface area contributed by atoms with Crippen molar-refractivity contribution in [2.75, 3.05) is 13.1 Å². The normalized spacial score (nSPS) is 30.2. The number of carbonyl (C=O) groups excluding carboxylic acids is 1. The molecule has 1 saturated carbocycles. The van der Waals surface area contributed by atoms with Crippen LogP contribution in [0.1, 0.15) is 92.0 Å². The fraction of sp³-hybridized carbons (Fsp3) is 0.486. The van der Waals surface area contributed by atoms with Gasteiger partial charge in [0.25, 0.3) is 5.91 Å². The largest absolute Gasteiger partial charge is 0.392 e. The van der Waals surface area contributed by atoms with Gasteiger partial charge in [0.1, 0.15) is 0 Å². The first-order chi connectivity index (χ1) is 20.6. The molecule has 43 heavy (non-hydrogen) atoms. The van der Waals surface area contributed by atoms with Crippen molar-refractivity contribution in [1.29, 1.82) is 0 Å². The monoisotopic (exact) mass is 582 g/mol. The second-order valence-electron chi connectivity index (χ2n) is 14.3. The van der Waals surface area contributed by atoms with Gasteiger partial charge in [0, 0.05) is 42.7 Å². The number of nitrogens with one attached hydrogen (secondary N) is 1. The third kappa shape index (κ3) is 6.73. The number of nitrogens with zero attached hydrogens (tertiary/aromatic N) is 1. The highest BCUT2D eigenvalue weighted by Gasteiger charge is 2.51. The molecular weight excluding hydrogens is 536 g/mol. The van der Waals surface area contributed by atoms with Crippen molar-refractivity contribution in [2.45, 2.75) is 84.6 Å². The van der Waals surface area contributed by atoms with Crippen molar-refractivity contribution in [3.05, 3.63) is 107 Å². The van der Waals surface area contributed by atoms with Gasteiger partial charge in [-0.15, -0.1) is 0 Å². The Kier molecular flexibility index (Phi) is 8.49. The molecule has 3 aliphatic rings. The Morgan fingerprint density at radius 3 is 2.28 bits per heavy atom. The summed E-state index contributed by atoms with van der Waals surface area (Å²) in [6.07, 6.45) is 3.17. The van der Waals surface area contributed by atoms with Crippen LogP contribution in [0.3, 0.4) is 0 Å². The summed E-state index contributed by atoms with van der Waals surface area (Å²) in [7, 11) is 0. The number of benzene rings is 3. The Bertz CT molecular complexity index is 1390. The van der Waals surface area contributed by atoms with Crippen molar-refractivity contribution >= 4 is 5.91 Å². The van der Waals surface area contributed by atoms with Crippen molar-refractivity contribution in [3.8, 4) is 0 Å². The first-order valence-corrected chi connectivity index (χ1v) is 15.8. The maximum atomic E-state index is 12.5. The number of hydrogen-bond acceptors (Lipinski definition) is 5. The third-order valence-electron chi connectivity index (χ3n) is 9.80. The molecule has 6 heteroatoms. The summed E-state index contributed by atoms with van der Waals surface area (Å²) < 4.78 is 13.5. The number of carbonyl (C=O) groups is 1. The van der Waals surface area contributed by atoms with Crippen LogP contribution >= 0.6 is 0 Å². The second kappa shape index (κ2) is 12.2. The minimum absolute atomic E-state index is 0.0113. The fourth-order valence-corrected chi connectivity index (χ4v) is 8.02. The van der Waals surface area contributed by atoms with E-state index < -0.39 is 6.29 Å². The van der Waals surface area contributed by atoms with Crippen LogP contribution in [-0.2, 0) is 22.6 Å². The molecule has 6 rings (SSSR count). The van der Waals surface area contributed by atoms with Crippen LogP contribution in [0.15, 0.2) is 78.9 Å². The van der Waals surface area contributed by atoms with E-state index in [1.54, 1.807) is 0 Å². The lowest BCUT2D eigenvalue weighted by Crippen LogP contribution is -2.46.